The van der Waals surface area contributed by atoms with Crippen LogP contribution in [-0.4, -0.2) is 51.7 Å². The van der Waals surface area contributed by atoms with E-state index in [2.05, 4.69) is 15.5 Å². The molecule has 0 aliphatic carbocycles. The Morgan fingerprint density at radius 2 is 2.06 bits per heavy atom. The lowest BCUT2D eigenvalue weighted by Gasteiger charge is -2.33. The maximum atomic E-state index is 13.0. The first-order valence-electron chi connectivity index (χ1n) is 10.4. The van der Waals surface area contributed by atoms with Crippen molar-refractivity contribution < 1.29 is 14.7 Å². The quantitative estimate of drug-likeness (QED) is 0.547. The highest BCUT2D eigenvalue weighted by atomic mass is 35.5. The number of benzene rings is 2. The lowest BCUT2D eigenvalue weighted by molar-refractivity contribution is -0.127. The van der Waals surface area contributed by atoms with Crippen LogP contribution in [0.3, 0.4) is 0 Å². The van der Waals surface area contributed by atoms with Crippen LogP contribution in [0, 0.1) is 5.92 Å². The Morgan fingerprint density at radius 3 is 2.84 bits per heavy atom. The monoisotopic (exact) mass is 440 g/mol. The van der Waals surface area contributed by atoms with Crippen LogP contribution < -0.4 is 5.32 Å². The van der Waals surface area contributed by atoms with Gasteiger partial charge in [0.1, 0.15) is 0 Å². The van der Waals surface area contributed by atoms with E-state index in [0.717, 1.165) is 29.3 Å². The van der Waals surface area contributed by atoms with Crippen LogP contribution in [0.5, 0.6) is 0 Å². The van der Waals surface area contributed by atoms with Gasteiger partial charge in [0.05, 0.1) is 23.7 Å². The average Bonchev–Trinajstić information content (AvgIpc) is 3.27. The van der Waals surface area contributed by atoms with Crippen LogP contribution in [-0.2, 0) is 4.79 Å². The molecular weight excluding hydrogens is 416 g/mol. The number of amides is 2. The Labute approximate surface area is 185 Å². The molecule has 8 heteroatoms. The Balaban J connectivity index is 1.43. The summed E-state index contributed by atoms with van der Waals surface area (Å²) in [5.74, 6) is -0.467. The fourth-order valence-corrected chi connectivity index (χ4v) is 4.20. The number of aromatic nitrogens is 2. The first-order valence-corrected chi connectivity index (χ1v) is 10.8. The zero-order valence-corrected chi connectivity index (χ0v) is 17.8. The number of likely N-dealkylation sites (tertiary alicyclic amines) is 1. The van der Waals surface area contributed by atoms with Crippen LogP contribution >= 0.6 is 11.6 Å². The summed E-state index contributed by atoms with van der Waals surface area (Å²) < 4.78 is 0. The van der Waals surface area contributed by atoms with Gasteiger partial charge in [0.2, 0.25) is 5.91 Å². The average molecular weight is 441 g/mol. The van der Waals surface area contributed by atoms with Gasteiger partial charge in [-0.1, -0.05) is 23.7 Å². The van der Waals surface area contributed by atoms with Crippen LogP contribution in [0.25, 0.3) is 10.9 Å². The van der Waals surface area contributed by atoms with Gasteiger partial charge in [0.15, 0.2) is 0 Å². The standard InChI is InChI=1S/C23H25ClN4O3/c24-19-6-3-15(4-7-19)20(9-11-29)26-22(30)17-2-1-10-28(14-17)23(31)16-5-8-21-18(12-16)13-25-27-21/h3-8,12-13,17,20,29H,1-2,9-11,14H2,(H,25,27)(H,26,30). The molecule has 2 unspecified atom stereocenters. The van der Waals surface area contributed by atoms with Gasteiger partial charge in [-0.05, 0) is 55.2 Å². The SMILES string of the molecule is O=C(NC(CCO)c1ccc(Cl)cc1)C1CCCN(C(=O)c2ccc3[nH]ncc3c2)C1. The number of H-pyrrole nitrogens is 1. The third-order valence-electron chi connectivity index (χ3n) is 5.77. The molecule has 3 aromatic rings. The number of hydrogen-bond acceptors (Lipinski definition) is 4. The van der Waals surface area contributed by atoms with Crippen LogP contribution in [0.15, 0.2) is 48.7 Å². The second-order valence-electron chi connectivity index (χ2n) is 7.89. The smallest absolute Gasteiger partial charge is 0.253 e. The van der Waals surface area contributed by atoms with Crippen molar-refractivity contribution in [1.29, 1.82) is 0 Å². The normalized spacial score (nSPS) is 17.5. The first kappa shape index (κ1) is 21.3. The number of hydrogen-bond donors (Lipinski definition) is 3. The van der Waals surface area contributed by atoms with Gasteiger partial charge in [-0.2, -0.15) is 5.10 Å². The molecule has 31 heavy (non-hydrogen) atoms. The van der Waals surface area contributed by atoms with E-state index in [1.807, 2.05) is 24.3 Å². The molecule has 0 spiro atoms. The van der Waals surface area contributed by atoms with Gasteiger partial charge in [0, 0.05) is 35.7 Å². The molecule has 0 radical (unpaired) electrons. The third kappa shape index (κ3) is 4.89. The number of carbonyl (C=O) groups is 2. The summed E-state index contributed by atoms with van der Waals surface area (Å²) in [5.41, 5.74) is 2.36. The van der Waals surface area contributed by atoms with Crippen molar-refractivity contribution in [3.05, 3.63) is 64.8 Å². The molecule has 2 atom stereocenters. The van der Waals surface area contributed by atoms with E-state index in [9.17, 15) is 14.7 Å². The van der Waals surface area contributed by atoms with Crippen molar-refractivity contribution in [3.63, 3.8) is 0 Å². The molecule has 2 heterocycles. The largest absolute Gasteiger partial charge is 0.396 e. The number of carbonyl (C=O) groups excluding carboxylic acids is 2. The molecule has 0 saturated carbocycles. The van der Waals surface area contributed by atoms with Crippen molar-refractivity contribution in [2.75, 3.05) is 19.7 Å². The summed E-state index contributed by atoms with van der Waals surface area (Å²) in [5, 5.41) is 20.9. The van der Waals surface area contributed by atoms with Crippen LogP contribution in [0.4, 0.5) is 0 Å². The number of nitrogens with zero attached hydrogens (tertiary/aromatic N) is 2. The van der Waals surface area contributed by atoms with Gasteiger partial charge >= 0.3 is 0 Å². The van der Waals surface area contributed by atoms with E-state index in [-0.39, 0.29) is 30.4 Å². The fourth-order valence-electron chi connectivity index (χ4n) is 4.07. The fraction of sp³-hybridized carbons (Fsp3) is 0.348. The zero-order chi connectivity index (χ0) is 21.8. The van der Waals surface area contributed by atoms with Gasteiger partial charge in [0.25, 0.3) is 5.91 Å². The number of nitrogens with one attached hydrogen (secondary N) is 2. The number of aromatic amines is 1. The van der Waals surface area contributed by atoms with E-state index in [1.54, 1.807) is 29.3 Å². The Kier molecular flexibility index (Phi) is 6.53. The molecule has 2 amide bonds. The summed E-state index contributed by atoms with van der Waals surface area (Å²) in [6.45, 7) is 0.961. The highest BCUT2D eigenvalue weighted by Gasteiger charge is 2.30. The summed E-state index contributed by atoms with van der Waals surface area (Å²) >= 11 is 5.96. The molecule has 7 nitrogen and oxygen atoms in total. The second-order valence-corrected chi connectivity index (χ2v) is 8.32. The minimum Gasteiger partial charge on any atom is -0.396 e. The molecule has 1 aliphatic rings. The van der Waals surface area contributed by atoms with Crippen molar-refractivity contribution >= 4 is 34.3 Å². The van der Waals surface area contributed by atoms with E-state index >= 15 is 0 Å². The molecule has 1 fully saturated rings. The molecule has 1 aliphatic heterocycles. The predicted molar refractivity (Wildman–Crippen MR) is 119 cm³/mol. The Morgan fingerprint density at radius 1 is 1.26 bits per heavy atom. The molecule has 2 aromatic carbocycles. The number of fused-ring (bicyclic) bond motifs is 1. The predicted octanol–water partition coefficient (Wildman–Crippen LogP) is 3.31. The molecule has 4 rings (SSSR count). The lowest BCUT2D eigenvalue weighted by atomic mass is 9.95. The summed E-state index contributed by atoms with van der Waals surface area (Å²) in [6.07, 6.45) is 3.59. The number of aliphatic hydroxyl groups excluding tert-OH is 1. The van der Waals surface area contributed by atoms with Gasteiger partial charge in [-0.3, -0.25) is 14.7 Å². The highest BCUT2D eigenvalue weighted by Crippen LogP contribution is 2.24. The van der Waals surface area contributed by atoms with Crippen molar-refractivity contribution in [3.8, 4) is 0 Å². The van der Waals surface area contributed by atoms with E-state index in [1.165, 1.54) is 0 Å². The maximum Gasteiger partial charge on any atom is 0.253 e. The molecule has 0 bridgehead atoms. The summed E-state index contributed by atoms with van der Waals surface area (Å²) in [6, 6.07) is 12.4. The van der Waals surface area contributed by atoms with E-state index in [4.69, 9.17) is 11.6 Å². The zero-order valence-electron chi connectivity index (χ0n) is 17.1. The third-order valence-corrected chi connectivity index (χ3v) is 6.03. The van der Waals surface area contributed by atoms with E-state index in [0.29, 0.717) is 30.1 Å². The number of rotatable bonds is 6. The molecule has 1 aromatic heterocycles. The van der Waals surface area contributed by atoms with Gasteiger partial charge in [-0.25, -0.2) is 0 Å². The topological polar surface area (TPSA) is 98.3 Å². The Hall–Kier alpha value is -2.90. The van der Waals surface area contributed by atoms with Crippen molar-refractivity contribution in [2.24, 2.45) is 5.92 Å². The lowest BCUT2D eigenvalue weighted by Crippen LogP contribution is -2.46. The van der Waals surface area contributed by atoms with Crippen molar-refractivity contribution in [1.82, 2.24) is 20.4 Å². The number of halogens is 1. The molecular formula is C23H25ClN4O3. The maximum absolute atomic E-state index is 13.0. The van der Waals surface area contributed by atoms with Crippen molar-refractivity contribution in [2.45, 2.75) is 25.3 Å². The molecule has 1 saturated heterocycles. The number of aliphatic hydroxyl groups is 1. The minimum atomic E-state index is -0.302. The van der Waals surface area contributed by atoms with Crippen LogP contribution in [0.1, 0.15) is 41.2 Å². The first-order chi connectivity index (χ1) is 15.0. The van der Waals surface area contributed by atoms with Gasteiger partial charge < -0.3 is 15.3 Å². The summed E-state index contributed by atoms with van der Waals surface area (Å²) in [4.78, 5) is 27.8. The summed E-state index contributed by atoms with van der Waals surface area (Å²) in [7, 11) is 0. The van der Waals surface area contributed by atoms with Crippen LogP contribution in [0.2, 0.25) is 5.02 Å². The minimum absolute atomic E-state index is 0.0423. The van der Waals surface area contributed by atoms with Gasteiger partial charge in [-0.15, -0.1) is 0 Å². The molecule has 162 valence electrons. The second kappa shape index (κ2) is 9.49. The molecule has 3 N–H and O–H groups in total. The number of piperidine rings is 1. The Bertz CT molecular complexity index is 1070. The van der Waals surface area contributed by atoms with E-state index < -0.39 is 0 Å². The highest BCUT2D eigenvalue weighted by molar-refractivity contribution is 6.30.